The van der Waals surface area contributed by atoms with Gasteiger partial charge in [-0.1, -0.05) is 37.3 Å². The van der Waals surface area contributed by atoms with Crippen molar-refractivity contribution in [2.75, 3.05) is 5.32 Å². The van der Waals surface area contributed by atoms with Gasteiger partial charge in [0.2, 0.25) is 0 Å². The van der Waals surface area contributed by atoms with Gasteiger partial charge < -0.3 is 5.32 Å². The van der Waals surface area contributed by atoms with E-state index in [2.05, 4.69) is 59.6 Å². The molecular formula is C17H20N4. The zero-order valence-electron chi connectivity index (χ0n) is 12.6. The number of anilines is 1. The minimum Gasteiger partial charge on any atom is -0.365 e. The molecule has 0 saturated heterocycles. The molecule has 0 spiro atoms. The van der Waals surface area contributed by atoms with Crippen molar-refractivity contribution in [3.8, 4) is 0 Å². The van der Waals surface area contributed by atoms with Crippen LogP contribution in [0.2, 0.25) is 0 Å². The first-order valence-corrected chi connectivity index (χ1v) is 7.27. The van der Waals surface area contributed by atoms with E-state index in [0.717, 1.165) is 17.0 Å². The summed E-state index contributed by atoms with van der Waals surface area (Å²) in [5.41, 5.74) is 3.34. The van der Waals surface area contributed by atoms with Crippen molar-refractivity contribution >= 4 is 11.3 Å². The highest BCUT2D eigenvalue weighted by molar-refractivity contribution is 5.68. The Morgan fingerprint density at radius 1 is 1.14 bits per heavy atom. The van der Waals surface area contributed by atoms with E-state index in [-0.39, 0.29) is 6.04 Å². The van der Waals surface area contributed by atoms with Crippen LogP contribution >= 0.6 is 0 Å². The number of nitrogens with zero attached hydrogens (tertiary/aromatic N) is 3. The van der Waals surface area contributed by atoms with Crippen LogP contribution in [0.4, 0.5) is 5.82 Å². The van der Waals surface area contributed by atoms with Crippen LogP contribution < -0.4 is 5.32 Å². The highest BCUT2D eigenvalue weighted by Crippen LogP contribution is 2.23. The van der Waals surface area contributed by atoms with Gasteiger partial charge >= 0.3 is 0 Å². The lowest BCUT2D eigenvalue weighted by molar-refractivity contribution is 0.648. The number of nitrogens with one attached hydrogen (secondary N) is 1. The first-order valence-electron chi connectivity index (χ1n) is 7.27. The van der Waals surface area contributed by atoms with E-state index >= 15 is 0 Å². The van der Waals surface area contributed by atoms with Crippen LogP contribution in [-0.4, -0.2) is 20.6 Å². The van der Waals surface area contributed by atoms with E-state index < -0.39 is 0 Å². The summed E-state index contributed by atoms with van der Waals surface area (Å²) >= 11 is 0. The van der Waals surface area contributed by atoms with Crippen LogP contribution in [0.5, 0.6) is 0 Å². The summed E-state index contributed by atoms with van der Waals surface area (Å²) < 4.78 is 1.87. The van der Waals surface area contributed by atoms with Gasteiger partial charge in [0, 0.05) is 24.4 Å². The normalized spacial score (nSPS) is 14.0. The van der Waals surface area contributed by atoms with Gasteiger partial charge in [0.15, 0.2) is 5.82 Å². The molecule has 0 amide bonds. The first-order chi connectivity index (χ1) is 10.1. The molecular weight excluding hydrogens is 260 g/mol. The van der Waals surface area contributed by atoms with E-state index in [0.29, 0.717) is 5.92 Å². The predicted octanol–water partition coefficient (Wildman–Crippen LogP) is 3.64. The average Bonchev–Trinajstić information content (AvgIpc) is 2.88. The third-order valence-electron chi connectivity index (χ3n) is 3.95. The van der Waals surface area contributed by atoms with Crippen molar-refractivity contribution in [1.82, 2.24) is 14.6 Å². The lowest BCUT2D eigenvalue weighted by atomic mass is 9.94. The molecule has 0 aliphatic rings. The molecule has 0 saturated carbocycles. The fraction of sp³-hybridized carbons (Fsp3) is 0.294. The van der Waals surface area contributed by atoms with Crippen molar-refractivity contribution in [2.24, 2.45) is 0 Å². The maximum Gasteiger partial charge on any atom is 0.152 e. The minimum atomic E-state index is 0.279. The smallest absolute Gasteiger partial charge is 0.152 e. The van der Waals surface area contributed by atoms with E-state index in [1.54, 1.807) is 6.20 Å². The zero-order chi connectivity index (χ0) is 14.8. The Labute approximate surface area is 124 Å². The summed E-state index contributed by atoms with van der Waals surface area (Å²) in [7, 11) is 0. The summed E-state index contributed by atoms with van der Waals surface area (Å²) in [4.78, 5) is 4.46. The van der Waals surface area contributed by atoms with Gasteiger partial charge in [-0.05, 0) is 25.5 Å². The lowest BCUT2D eigenvalue weighted by Gasteiger charge is -2.22. The van der Waals surface area contributed by atoms with Crippen molar-refractivity contribution in [2.45, 2.75) is 32.7 Å². The number of aromatic nitrogens is 3. The van der Waals surface area contributed by atoms with Gasteiger partial charge in [-0.3, -0.25) is 0 Å². The van der Waals surface area contributed by atoms with Crippen LogP contribution in [0.1, 0.15) is 31.0 Å². The molecule has 0 fully saturated rings. The molecule has 2 heterocycles. The molecule has 0 radical (unpaired) electrons. The highest BCUT2D eigenvalue weighted by atomic mass is 15.2. The Balaban J connectivity index is 1.85. The van der Waals surface area contributed by atoms with E-state index in [1.807, 2.05) is 23.7 Å². The van der Waals surface area contributed by atoms with E-state index in [1.165, 1.54) is 5.56 Å². The number of aryl methyl sites for hydroxylation is 1. The number of benzene rings is 1. The molecule has 2 atom stereocenters. The molecule has 1 aromatic carbocycles. The maximum absolute atomic E-state index is 4.46. The standard InChI is InChI=1S/C17H20N4/c1-12-11-16-17(18-9-10-21(16)20-12)19-14(3)13(2)15-7-5-4-6-8-15/h4-11,13-14H,1-3H3,(H,18,19). The fourth-order valence-corrected chi connectivity index (χ4v) is 2.54. The summed E-state index contributed by atoms with van der Waals surface area (Å²) in [6, 6.07) is 12.9. The molecule has 4 heteroatoms. The Bertz CT molecular complexity index is 733. The molecule has 2 unspecified atom stereocenters. The number of hydrogen-bond acceptors (Lipinski definition) is 3. The Hall–Kier alpha value is -2.36. The third kappa shape index (κ3) is 2.75. The lowest BCUT2D eigenvalue weighted by Crippen LogP contribution is -2.23. The van der Waals surface area contributed by atoms with Gasteiger partial charge in [-0.2, -0.15) is 5.10 Å². The van der Waals surface area contributed by atoms with Crippen LogP contribution in [0, 0.1) is 6.92 Å². The monoisotopic (exact) mass is 280 g/mol. The fourth-order valence-electron chi connectivity index (χ4n) is 2.54. The molecule has 108 valence electrons. The third-order valence-corrected chi connectivity index (χ3v) is 3.95. The van der Waals surface area contributed by atoms with E-state index in [9.17, 15) is 0 Å². The highest BCUT2D eigenvalue weighted by Gasteiger charge is 2.16. The van der Waals surface area contributed by atoms with Crippen LogP contribution in [0.15, 0.2) is 48.8 Å². The largest absolute Gasteiger partial charge is 0.365 e. The first kappa shape index (κ1) is 13.6. The van der Waals surface area contributed by atoms with Gasteiger partial charge in [-0.25, -0.2) is 9.50 Å². The van der Waals surface area contributed by atoms with Gasteiger partial charge in [0.25, 0.3) is 0 Å². The van der Waals surface area contributed by atoms with Crippen molar-refractivity contribution in [3.63, 3.8) is 0 Å². The minimum absolute atomic E-state index is 0.279. The molecule has 3 aromatic rings. The Kier molecular flexibility index (Phi) is 3.60. The molecule has 3 rings (SSSR count). The van der Waals surface area contributed by atoms with Crippen molar-refractivity contribution in [1.29, 1.82) is 0 Å². The maximum atomic E-state index is 4.46. The second kappa shape index (κ2) is 5.56. The summed E-state index contributed by atoms with van der Waals surface area (Å²) in [5.74, 6) is 1.28. The second-order valence-corrected chi connectivity index (χ2v) is 5.52. The van der Waals surface area contributed by atoms with Crippen molar-refractivity contribution in [3.05, 3.63) is 60.0 Å². The van der Waals surface area contributed by atoms with Gasteiger partial charge in [0.05, 0.1) is 5.69 Å². The zero-order valence-corrected chi connectivity index (χ0v) is 12.6. The van der Waals surface area contributed by atoms with Gasteiger partial charge in [0.1, 0.15) is 5.52 Å². The molecule has 0 bridgehead atoms. The summed E-state index contributed by atoms with van der Waals surface area (Å²) in [6.07, 6.45) is 3.65. The number of fused-ring (bicyclic) bond motifs is 1. The van der Waals surface area contributed by atoms with Gasteiger partial charge in [-0.15, -0.1) is 0 Å². The van der Waals surface area contributed by atoms with Crippen LogP contribution in [0.25, 0.3) is 5.52 Å². The predicted molar refractivity (Wildman–Crippen MR) is 85.7 cm³/mol. The second-order valence-electron chi connectivity index (χ2n) is 5.52. The Morgan fingerprint density at radius 3 is 2.67 bits per heavy atom. The summed E-state index contributed by atoms with van der Waals surface area (Å²) in [5, 5.41) is 7.95. The molecule has 1 N–H and O–H groups in total. The molecule has 21 heavy (non-hydrogen) atoms. The molecule has 0 aliphatic heterocycles. The molecule has 2 aromatic heterocycles. The SMILES string of the molecule is Cc1cc2c(NC(C)C(C)c3ccccc3)nccn2n1. The number of hydrogen-bond donors (Lipinski definition) is 1. The topological polar surface area (TPSA) is 42.2 Å². The average molecular weight is 280 g/mol. The molecule has 4 nitrogen and oxygen atoms in total. The van der Waals surface area contributed by atoms with E-state index in [4.69, 9.17) is 0 Å². The van der Waals surface area contributed by atoms with Crippen LogP contribution in [0.3, 0.4) is 0 Å². The quantitative estimate of drug-likeness (QED) is 0.793. The molecule has 0 aliphatic carbocycles. The van der Waals surface area contributed by atoms with Crippen molar-refractivity contribution < 1.29 is 0 Å². The number of rotatable bonds is 4. The van der Waals surface area contributed by atoms with Crippen LogP contribution in [-0.2, 0) is 0 Å². The Morgan fingerprint density at radius 2 is 1.90 bits per heavy atom. The summed E-state index contributed by atoms with van der Waals surface area (Å²) in [6.45, 7) is 6.41.